The Hall–Kier alpha value is -2.25. The zero-order valence-electron chi connectivity index (χ0n) is 12.2. The Morgan fingerprint density at radius 1 is 0.920 bits per heavy atom. The van der Waals surface area contributed by atoms with Crippen LogP contribution >= 0.6 is 11.6 Å². The molecular weight excluding hydrogens is 396 g/mol. The van der Waals surface area contributed by atoms with Crippen molar-refractivity contribution in [3.63, 3.8) is 0 Å². The van der Waals surface area contributed by atoms with Crippen LogP contribution in [0.3, 0.4) is 0 Å². The summed E-state index contributed by atoms with van der Waals surface area (Å²) in [6.45, 7) is 0. The van der Waals surface area contributed by atoms with Crippen LogP contribution in [0.5, 0.6) is 0 Å². The molecule has 134 valence electrons. The monoisotopic (exact) mass is 406 g/mol. The maximum absolute atomic E-state index is 11.4. The van der Waals surface area contributed by atoms with Crippen LogP contribution < -0.4 is 11.5 Å². The molecule has 0 aromatic heterocycles. The molecule has 2 aromatic rings. The van der Waals surface area contributed by atoms with Crippen LogP contribution in [0.25, 0.3) is 0 Å². The highest BCUT2D eigenvalue weighted by molar-refractivity contribution is 7.86. The van der Waals surface area contributed by atoms with Crippen LogP contribution in [-0.2, 0) is 20.2 Å². The maximum atomic E-state index is 11.4. The summed E-state index contributed by atoms with van der Waals surface area (Å²) in [5.41, 5.74) is 10.4. The Balaban J connectivity index is 2.53. The molecule has 0 saturated carbocycles. The van der Waals surface area contributed by atoms with Crippen LogP contribution in [0.15, 0.2) is 50.4 Å². The van der Waals surface area contributed by atoms with Gasteiger partial charge in [0.15, 0.2) is 0 Å². The standard InChI is InChI=1S/C12H11ClN4O6S2/c13-10-8(14)5-9(25(21,22)23)12(11(10)15)17-16-6-1-3-7(4-2-6)24(18,19)20/h1-5H,14-15H2,(H,18,19,20)(H,21,22,23). The van der Waals surface area contributed by atoms with Crippen molar-refractivity contribution >= 4 is 54.6 Å². The minimum absolute atomic E-state index is 0.112. The lowest BCUT2D eigenvalue weighted by Crippen LogP contribution is -2.03. The highest BCUT2D eigenvalue weighted by Crippen LogP contribution is 2.40. The van der Waals surface area contributed by atoms with Crippen molar-refractivity contribution in [3.05, 3.63) is 35.4 Å². The predicted molar refractivity (Wildman–Crippen MR) is 90.5 cm³/mol. The number of hydrogen-bond donors (Lipinski definition) is 4. The van der Waals surface area contributed by atoms with Gasteiger partial charge in [-0.25, -0.2) is 0 Å². The van der Waals surface area contributed by atoms with E-state index in [4.69, 9.17) is 27.6 Å². The van der Waals surface area contributed by atoms with Gasteiger partial charge in [0.1, 0.15) is 10.6 Å². The van der Waals surface area contributed by atoms with E-state index in [1.165, 1.54) is 12.1 Å². The lowest BCUT2D eigenvalue weighted by molar-refractivity contribution is 0.481. The molecule has 0 spiro atoms. The van der Waals surface area contributed by atoms with Crippen LogP contribution in [0.4, 0.5) is 22.7 Å². The summed E-state index contributed by atoms with van der Waals surface area (Å²) in [6, 6.07) is 5.41. The fraction of sp³-hybridized carbons (Fsp3) is 0. The molecule has 0 amide bonds. The van der Waals surface area contributed by atoms with E-state index in [9.17, 15) is 21.4 Å². The van der Waals surface area contributed by atoms with Crippen LogP contribution in [0.1, 0.15) is 0 Å². The fourth-order valence-electron chi connectivity index (χ4n) is 1.76. The third-order valence-corrected chi connectivity index (χ3v) is 5.10. The molecular formula is C12H11ClN4O6S2. The molecule has 0 heterocycles. The van der Waals surface area contributed by atoms with Crippen molar-refractivity contribution < 1.29 is 25.9 Å². The number of nitrogens with zero attached hydrogens (tertiary/aromatic N) is 2. The SMILES string of the molecule is Nc1cc(S(=O)(=O)O)c(N=Nc2ccc(S(=O)(=O)O)cc2)c(N)c1Cl. The molecule has 13 heteroatoms. The van der Waals surface area contributed by atoms with Crippen LogP contribution in [-0.4, -0.2) is 25.9 Å². The van der Waals surface area contributed by atoms with Gasteiger partial charge >= 0.3 is 0 Å². The topological polar surface area (TPSA) is 186 Å². The zero-order chi connectivity index (χ0) is 19.0. The van der Waals surface area contributed by atoms with Gasteiger partial charge in [-0.2, -0.15) is 21.9 Å². The second-order valence-electron chi connectivity index (χ2n) is 4.68. The fourth-order valence-corrected chi connectivity index (χ4v) is 3.05. The van der Waals surface area contributed by atoms with E-state index in [0.717, 1.165) is 18.2 Å². The first-order chi connectivity index (χ1) is 11.4. The van der Waals surface area contributed by atoms with Gasteiger partial charge in [0.25, 0.3) is 20.2 Å². The van der Waals surface area contributed by atoms with Crippen molar-refractivity contribution in [2.75, 3.05) is 11.5 Å². The van der Waals surface area contributed by atoms with E-state index in [2.05, 4.69) is 10.2 Å². The van der Waals surface area contributed by atoms with Gasteiger partial charge in [-0.05, 0) is 30.3 Å². The van der Waals surface area contributed by atoms with E-state index in [1.54, 1.807) is 0 Å². The van der Waals surface area contributed by atoms with Gasteiger partial charge in [-0.15, -0.1) is 5.11 Å². The molecule has 0 aliphatic rings. The van der Waals surface area contributed by atoms with Gasteiger partial charge in [-0.3, -0.25) is 9.11 Å². The van der Waals surface area contributed by atoms with E-state index < -0.39 is 30.8 Å². The average Bonchev–Trinajstić information content (AvgIpc) is 2.50. The lowest BCUT2D eigenvalue weighted by Gasteiger charge is -2.09. The predicted octanol–water partition coefficient (Wildman–Crippen LogP) is 2.41. The first-order valence-corrected chi connectivity index (χ1v) is 9.51. The third kappa shape index (κ3) is 4.24. The Morgan fingerprint density at radius 2 is 1.48 bits per heavy atom. The summed E-state index contributed by atoms with van der Waals surface area (Å²) < 4.78 is 62.9. The van der Waals surface area contributed by atoms with Crippen molar-refractivity contribution in [3.8, 4) is 0 Å². The van der Waals surface area contributed by atoms with Crippen molar-refractivity contribution in [1.82, 2.24) is 0 Å². The summed E-state index contributed by atoms with van der Waals surface area (Å²) in [5.74, 6) is 0. The number of rotatable bonds is 4. The number of halogens is 1. The molecule has 25 heavy (non-hydrogen) atoms. The second kappa shape index (κ2) is 6.57. The van der Waals surface area contributed by atoms with E-state index in [1.807, 2.05) is 0 Å². The summed E-state index contributed by atoms with van der Waals surface area (Å²) in [4.78, 5) is -1.05. The molecule has 0 atom stereocenters. The molecule has 2 rings (SSSR count). The largest absolute Gasteiger partial charge is 0.397 e. The van der Waals surface area contributed by atoms with Gasteiger partial charge in [0.2, 0.25) is 0 Å². The Bertz CT molecular complexity index is 1070. The summed E-state index contributed by atoms with van der Waals surface area (Å²) in [7, 11) is -9.08. The quantitative estimate of drug-likeness (QED) is 0.338. The third-order valence-electron chi connectivity index (χ3n) is 2.94. The first kappa shape index (κ1) is 19.1. The highest BCUT2D eigenvalue weighted by Gasteiger charge is 2.22. The molecule has 0 saturated heterocycles. The first-order valence-electron chi connectivity index (χ1n) is 6.25. The van der Waals surface area contributed by atoms with Gasteiger partial charge in [-0.1, -0.05) is 11.6 Å². The number of anilines is 2. The second-order valence-corrected chi connectivity index (χ2v) is 7.87. The Morgan fingerprint density at radius 3 is 1.96 bits per heavy atom. The zero-order valence-corrected chi connectivity index (χ0v) is 14.5. The van der Waals surface area contributed by atoms with Gasteiger partial charge in [0.05, 0.1) is 27.0 Å². The normalized spacial score (nSPS) is 12.6. The van der Waals surface area contributed by atoms with Crippen molar-refractivity contribution in [2.24, 2.45) is 10.2 Å². The average molecular weight is 407 g/mol. The summed E-state index contributed by atoms with van der Waals surface area (Å²) >= 11 is 5.83. The molecule has 2 aromatic carbocycles. The van der Waals surface area contributed by atoms with E-state index in [-0.39, 0.29) is 27.0 Å². The van der Waals surface area contributed by atoms with Crippen LogP contribution in [0.2, 0.25) is 5.02 Å². The molecule has 0 fully saturated rings. The maximum Gasteiger partial charge on any atom is 0.296 e. The molecule has 0 aliphatic heterocycles. The van der Waals surface area contributed by atoms with Crippen LogP contribution in [0, 0.1) is 0 Å². The molecule has 0 bridgehead atoms. The number of benzene rings is 2. The van der Waals surface area contributed by atoms with Crippen molar-refractivity contribution in [2.45, 2.75) is 9.79 Å². The summed E-state index contributed by atoms with van der Waals surface area (Å²) in [5, 5.41) is 7.18. The Kier molecular flexibility index (Phi) is 5.02. The lowest BCUT2D eigenvalue weighted by atomic mass is 10.2. The Labute approximate surface area is 147 Å². The summed E-state index contributed by atoms with van der Waals surface area (Å²) in [6.07, 6.45) is 0. The van der Waals surface area contributed by atoms with Crippen molar-refractivity contribution in [1.29, 1.82) is 0 Å². The molecule has 0 aliphatic carbocycles. The minimum Gasteiger partial charge on any atom is -0.397 e. The molecule has 6 N–H and O–H groups in total. The smallest absolute Gasteiger partial charge is 0.296 e. The number of azo groups is 1. The molecule has 0 radical (unpaired) electrons. The number of nitrogen functional groups attached to an aromatic ring is 2. The van der Waals surface area contributed by atoms with Gasteiger partial charge < -0.3 is 11.5 Å². The number of hydrogen-bond acceptors (Lipinski definition) is 8. The minimum atomic E-state index is -4.71. The number of nitrogens with two attached hydrogens (primary N) is 2. The van der Waals surface area contributed by atoms with Gasteiger partial charge in [0, 0.05) is 0 Å². The molecule has 10 nitrogen and oxygen atoms in total. The van der Waals surface area contributed by atoms with E-state index >= 15 is 0 Å². The highest BCUT2D eigenvalue weighted by atomic mass is 35.5. The van der Waals surface area contributed by atoms with E-state index in [0.29, 0.717) is 0 Å². The molecule has 0 unspecified atom stereocenters.